The largest absolute Gasteiger partial charge is 0.147 e. The molecule has 8 heavy (non-hydrogen) atoms. The van der Waals surface area contributed by atoms with Crippen molar-refractivity contribution in [3.63, 3.8) is 0 Å². The molecule has 2 heteroatoms. The van der Waals surface area contributed by atoms with Crippen molar-refractivity contribution in [3.8, 4) is 0 Å². The van der Waals surface area contributed by atoms with E-state index < -0.39 is 0 Å². The first kappa shape index (κ1) is 6.24. The highest BCUT2D eigenvalue weighted by Gasteiger charge is 2.34. The Balaban J connectivity index is 0.000000320. The quantitative estimate of drug-likeness (QED) is 0.472. The molecule has 1 saturated heterocycles. The molecule has 2 unspecified atom stereocenters. The van der Waals surface area contributed by atoms with Gasteiger partial charge in [0.1, 0.15) is 0 Å². The summed E-state index contributed by atoms with van der Waals surface area (Å²) in [7, 11) is 0. The Morgan fingerprint density at radius 2 is 1.50 bits per heavy atom. The first-order chi connectivity index (χ1) is 3.47. The monoisotopic (exact) mass is 146 g/mol. The van der Waals surface area contributed by atoms with Crippen molar-refractivity contribution in [1.29, 1.82) is 0 Å². The van der Waals surface area contributed by atoms with Gasteiger partial charge in [-0.25, -0.2) is 0 Å². The second kappa shape index (κ2) is 2.16. The summed E-state index contributed by atoms with van der Waals surface area (Å²) in [5, 5.41) is 1.70. The highest BCUT2D eigenvalue weighted by molar-refractivity contribution is 8.08. The van der Waals surface area contributed by atoms with Crippen LogP contribution in [-0.2, 0) is 0 Å². The molecule has 0 aromatic rings. The summed E-state index contributed by atoms with van der Waals surface area (Å²) in [5.74, 6) is 0. The second-order valence-electron chi connectivity index (χ2n) is 1.84. The van der Waals surface area contributed by atoms with Crippen LogP contribution >= 0.6 is 24.2 Å². The maximum absolute atomic E-state index is 2.26. The van der Waals surface area contributed by atoms with Crippen molar-refractivity contribution in [3.05, 3.63) is 24.3 Å². The maximum Gasteiger partial charge on any atom is 0.0391 e. The Bertz CT molecular complexity index is 123. The number of fused-ring (bicyclic) bond motifs is 1. The van der Waals surface area contributed by atoms with Crippen LogP contribution < -0.4 is 0 Å². The minimum Gasteiger partial charge on any atom is -0.147 e. The maximum atomic E-state index is 2.26. The Morgan fingerprint density at radius 3 is 1.88 bits per heavy atom. The summed E-state index contributed by atoms with van der Waals surface area (Å²) in [6.07, 6.45) is 8.77. The number of allylic oxidation sites excluding steroid dienone is 2. The van der Waals surface area contributed by atoms with Crippen LogP contribution in [0.1, 0.15) is 0 Å². The van der Waals surface area contributed by atoms with Crippen LogP contribution in [0.2, 0.25) is 0 Å². The highest BCUT2D eigenvalue weighted by Crippen LogP contribution is 2.44. The number of halogens is 1. The first-order valence-electron chi connectivity index (χ1n) is 2.47. The Hall–Kier alpha value is 0.120. The van der Waals surface area contributed by atoms with E-state index in [1.165, 1.54) is 0 Å². The third-order valence-electron chi connectivity index (χ3n) is 1.27. The van der Waals surface area contributed by atoms with Gasteiger partial charge in [0.05, 0.1) is 0 Å². The van der Waals surface area contributed by atoms with Gasteiger partial charge in [0.25, 0.3) is 0 Å². The lowest BCUT2D eigenvalue weighted by Gasteiger charge is -1.84. The summed E-state index contributed by atoms with van der Waals surface area (Å²) in [6, 6.07) is 0. The van der Waals surface area contributed by atoms with Gasteiger partial charge in [-0.2, -0.15) is 0 Å². The molecule has 0 spiro atoms. The smallest absolute Gasteiger partial charge is 0.0391 e. The lowest BCUT2D eigenvalue weighted by molar-refractivity contribution is 1.21. The van der Waals surface area contributed by atoms with Gasteiger partial charge in [0.2, 0.25) is 0 Å². The van der Waals surface area contributed by atoms with E-state index >= 15 is 0 Å². The van der Waals surface area contributed by atoms with E-state index in [0.29, 0.717) is 0 Å². The number of rotatable bonds is 0. The van der Waals surface area contributed by atoms with E-state index in [1.54, 1.807) is 0 Å². The van der Waals surface area contributed by atoms with E-state index in [2.05, 4.69) is 24.3 Å². The SMILES string of the molecule is C1=CC2SC2C=C1.Cl. The minimum absolute atomic E-state index is 0. The summed E-state index contributed by atoms with van der Waals surface area (Å²) in [5.41, 5.74) is 0. The molecular formula is C6H7ClS. The first-order valence-corrected chi connectivity index (χ1v) is 3.41. The second-order valence-corrected chi connectivity index (χ2v) is 3.20. The zero-order valence-electron chi connectivity index (χ0n) is 4.28. The molecule has 0 radical (unpaired) electrons. The van der Waals surface area contributed by atoms with Crippen molar-refractivity contribution in [2.24, 2.45) is 0 Å². The molecule has 2 atom stereocenters. The van der Waals surface area contributed by atoms with Crippen LogP contribution in [0.3, 0.4) is 0 Å². The molecular weight excluding hydrogens is 140 g/mol. The van der Waals surface area contributed by atoms with E-state index in [-0.39, 0.29) is 12.4 Å². The third kappa shape index (κ3) is 0.932. The van der Waals surface area contributed by atoms with Gasteiger partial charge in [-0.15, -0.1) is 24.2 Å². The topological polar surface area (TPSA) is 0 Å². The van der Waals surface area contributed by atoms with E-state index in [9.17, 15) is 0 Å². The number of thioether (sulfide) groups is 1. The fourth-order valence-electron chi connectivity index (χ4n) is 0.793. The van der Waals surface area contributed by atoms with Crippen LogP contribution in [0.4, 0.5) is 0 Å². The average Bonchev–Trinajstić information content (AvgIpc) is 2.41. The molecule has 1 aliphatic heterocycles. The molecule has 1 aliphatic carbocycles. The van der Waals surface area contributed by atoms with Crippen LogP contribution in [-0.4, -0.2) is 10.5 Å². The molecule has 0 aromatic carbocycles. The van der Waals surface area contributed by atoms with Crippen LogP contribution in [0.25, 0.3) is 0 Å². The van der Waals surface area contributed by atoms with Gasteiger partial charge < -0.3 is 0 Å². The number of hydrogen-bond donors (Lipinski definition) is 0. The molecule has 1 heterocycles. The van der Waals surface area contributed by atoms with Crippen molar-refractivity contribution >= 4 is 24.2 Å². The Morgan fingerprint density at radius 1 is 1.00 bits per heavy atom. The van der Waals surface area contributed by atoms with Gasteiger partial charge in [0.15, 0.2) is 0 Å². The highest BCUT2D eigenvalue weighted by atomic mass is 35.5. The fourth-order valence-corrected chi connectivity index (χ4v) is 1.61. The van der Waals surface area contributed by atoms with Gasteiger partial charge in [-0.1, -0.05) is 24.3 Å². The van der Waals surface area contributed by atoms with Crippen molar-refractivity contribution in [2.45, 2.75) is 10.5 Å². The third-order valence-corrected chi connectivity index (χ3v) is 2.49. The molecule has 2 aliphatic rings. The predicted octanol–water partition coefficient (Wildman–Crippen LogP) is 2.02. The zero-order chi connectivity index (χ0) is 4.69. The summed E-state index contributed by atoms with van der Waals surface area (Å²) < 4.78 is 0. The summed E-state index contributed by atoms with van der Waals surface area (Å²) in [6.45, 7) is 0. The van der Waals surface area contributed by atoms with E-state index in [0.717, 1.165) is 10.5 Å². The molecule has 0 bridgehead atoms. The summed E-state index contributed by atoms with van der Waals surface area (Å²) >= 11 is 2.03. The van der Waals surface area contributed by atoms with Gasteiger partial charge in [-0.05, 0) is 0 Å². The van der Waals surface area contributed by atoms with Crippen LogP contribution in [0.15, 0.2) is 24.3 Å². The molecule has 0 amide bonds. The normalized spacial score (nSPS) is 38.0. The molecule has 1 fully saturated rings. The van der Waals surface area contributed by atoms with Crippen LogP contribution in [0, 0.1) is 0 Å². The lowest BCUT2D eigenvalue weighted by Crippen LogP contribution is -1.86. The molecule has 0 N–H and O–H groups in total. The fraction of sp³-hybridized carbons (Fsp3) is 0.333. The molecule has 44 valence electrons. The van der Waals surface area contributed by atoms with E-state index in [4.69, 9.17) is 0 Å². The predicted molar refractivity (Wildman–Crippen MR) is 40.7 cm³/mol. The molecule has 0 nitrogen and oxygen atoms in total. The van der Waals surface area contributed by atoms with E-state index in [1.807, 2.05) is 11.8 Å². The van der Waals surface area contributed by atoms with Gasteiger partial charge in [-0.3, -0.25) is 0 Å². The standard InChI is InChI=1S/C6H6S.ClH/c1-2-4-6-5(3-1)7-6;/h1-6H;1H. The van der Waals surface area contributed by atoms with Crippen molar-refractivity contribution in [1.82, 2.24) is 0 Å². The lowest BCUT2D eigenvalue weighted by atomic mass is 10.2. The van der Waals surface area contributed by atoms with Gasteiger partial charge >= 0.3 is 0 Å². The van der Waals surface area contributed by atoms with Crippen molar-refractivity contribution < 1.29 is 0 Å². The van der Waals surface area contributed by atoms with Crippen LogP contribution in [0.5, 0.6) is 0 Å². The molecule has 0 aromatic heterocycles. The van der Waals surface area contributed by atoms with Crippen molar-refractivity contribution in [2.75, 3.05) is 0 Å². The average molecular weight is 147 g/mol. The molecule has 2 rings (SSSR count). The number of hydrogen-bond acceptors (Lipinski definition) is 1. The minimum atomic E-state index is 0. The Kier molecular flexibility index (Phi) is 1.68. The summed E-state index contributed by atoms with van der Waals surface area (Å²) in [4.78, 5) is 0. The van der Waals surface area contributed by atoms with Gasteiger partial charge in [0, 0.05) is 10.5 Å². The Labute approximate surface area is 59.4 Å². The molecule has 0 saturated carbocycles. The zero-order valence-corrected chi connectivity index (χ0v) is 5.91.